The zero-order chi connectivity index (χ0) is 16.1. The maximum atomic E-state index is 11.6. The van der Waals surface area contributed by atoms with Gasteiger partial charge in [0.15, 0.2) is 0 Å². The number of rotatable bonds is 5. The molecule has 22 heavy (non-hydrogen) atoms. The fraction of sp³-hybridized carbons (Fsp3) is 0.176. The Balaban J connectivity index is 2.12. The molecule has 0 aliphatic carbocycles. The number of benzene rings is 2. The van der Waals surface area contributed by atoms with E-state index in [9.17, 15) is 9.59 Å². The van der Waals surface area contributed by atoms with Crippen molar-refractivity contribution in [2.24, 2.45) is 11.7 Å². The summed E-state index contributed by atoms with van der Waals surface area (Å²) in [6.45, 7) is 3.68. The molecule has 0 spiro atoms. The normalized spacial score (nSPS) is 10.3. The van der Waals surface area contributed by atoms with Crippen molar-refractivity contribution < 1.29 is 9.59 Å². The lowest BCUT2D eigenvalue weighted by atomic mass is 10.1. The zero-order valence-corrected chi connectivity index (χ0v) is 12.6. The predicted molar refractivity (Wildman–Crippen MR) is 88.2 cm³/mol. The molecule has 0 aliphatic rings. The van der Waals surface area contributed by atoms with Crippen molar-refractivity contribution >= 4 is 28.9 Å². The van der Waals surface area contributed by atoms with Crippen molar-refractivity contribution in [2.45, 2.75) is 13.8 Å². The highest BCUT2D eigenvalue weighted by atomic mass is 16.2. The summed E-state index contributed by atoms with van der Waals surface area (Å²) in [5.74, 6) is -0.580. The number of hydrogen-bond acceptors (Lipinski definition) is 3. The van der Waals surface area contributed by atoms with Crippen molar-refractivity contribution in [1.29, 1.82) is 0 Å². The average molecular weight is 297 g/mol. The average Bonchev–Trinajstić information content (AvgIpc) is 2.49. The third-order valence-corrected chi connectivity index (χ3v) is 3.15. The molecule has 0 bridgehead atoms. The number of amides is 2. The van der Waals surface area contributed by atoms with Gasteiger partial charge >= 0.3 is 0 Å². The summed E-state index contributed by atoms with van der Waals surface area (Å²) in [5, 5.41) is 5.96. The van der Waals surface area contributed by atoms with Gasteiger partial charge in [-0.25, -0.2) is 0 Å². The molecule has 2 aromatic rings. The van der Waals surface area contributed by atoms with E-state index >= 15 is 0 Å². The highest BCUT2D eigenvalue weighted by Gasteiger charge is 2.08. The van der Waals surface area contributed by atoms with E-state index in [1.807, 2.05) is 32.0 Å². The van der Waals surface area contributed by atoms with Gasteiger partial charge < -0.3 is 16.4 Å². The van der Waals surface area contributed by atoms with E-state index in [1.165, 1.54) is 0 Å². The topological polar surface area (TPSA) is 84.2 Å². The van der Waals surface area contributed by atoms with Crippen LogP contribution < -0.4 is 16.4 Å². The Kier molecular flexibility index (Phi) is 4.78. The SMILES string of the molecule is CC(C)C(=O)Nc1ccc(Nc2ccccc2C(N)=O)cc1. The fourth-order valence-corrected chi connectivity index (χ4v) is 1.89. The van der Waals surface area contributed by atoms with Crippen LogP contribution in [-0.2, 0) is 4.79 Å². The van der Waals surface area contributed by atoms with Crippen LogP contribution in [0.2, 0.25) is 0 Å². The van der Waals surface area contributed by atoms with Gasteiger partial charge in [0.25, 0.3) is 5.91 Å². The molecule has 5 heteroatoms. The molecule has 0 atom stereocenters. The van der Waals surface area contributed by atoms with Crippen LogP contribution in [0.25, 0.3) is 0 Å². The van der Waals surface area contributed by atoms with Gasteiger partial charge in [-0.05, 0) is 36.4 Å². The molecule has 0 radical (unpaired) electrons. The Bertz CT molecular complexity index is 679. The highest BCUT2D eigenvalue weighted by molar-refractivity contribution is 5.99. The number of carbonyl (C=O) groups is 2. The summed E-state index contributed by atoms with van der Waals surface area (Å²) in [7, 11) is 0. The summed E-state index contributed by atoms with van der Waals surface area (Å²) in [6.07, 6.45) is 0. The number of anilines is 3. The molecule has 2 rings (SSSR count). The molecule has 0 unspecified atom stereocenters. The Morgan fingerprint density at radius 2 is 1.55 bits per heavy atom. The monoisotopic (exact) mass is 297 g/mol. The molecule has 0 saturated carbocycles. The van der Waals surface area contributed by atoms with E-state index in [0.717, 1.165) is 11.4 Å². The third-order valence-electron chi connectivity index (χ3n) is 3.15. The van der Waals surface area contributed by atoms with Crippen LogP contribution in [0, 0.1) is 5.92 Å². The Hall–Kier alpha value is -2.82. The maximum Gasteiger partial charge on any atom is 0.250 e. The van der Waals surface area contributed by atoms with Gasteiger partial charge in [-0.1, -0.05) is 26.0 Å². The van der Waals surface area contributed by atoms with Gasteiger partial charge in [0, 0.05) is 17.3 Å². The molecular weight excluding hydrogens is 278 g/mol. The van der Waals surface area contributed by atoms with E-state index in [2.05, 4.69) is 10.6 Å². The molecule has 0 fully saturated rings. The lowest BCUT2D eigenvalue weighted by Gasteiger charge is -2.11. The van der Waals surface area contributed by atoms with Gasteiger partial charge in [-0.2, -0.15) is 0 Å². The van der Waals surface area contributed by atoms with Crippen molar-refractivity contribution in [3.8, 4) is 0 Å². The largest absolute Gasteiger partial charge is 0.366 e. The molecule has 0 saturated heterocycles. The summed E-state index contributed by atoms with van der Waals surface area (Å²) in [4.78, 5) is 23.0. The molecule has 2 amide bonds. The second-order valence-electron chi connectivity index (χ2n) is 5.26. The van der Waals surface area contributed by atoms with Gasteiger partial charge in [0.1, 0.15) is 0 Å². The van der Waals surface area contributed by atoms with E-state index < -0.39 is 5.91 Å². The summed E-state index contributed by atoms with van der Waals surface area (Å²) in [6, 6.07) is 14.3. The molecule has 0 aliphatic heterocycles. The van der Waals surface area contributed by atoms with Crippen LogP contribution in [0.3, 0.4) is 0 Å². The number of carbonyl (C=O) groups excluding carboxylic acids is 2. The molecule has 0 heterocycles. The molecular formula is C17H19N3O2. The number of nitrogens with two attached hydrogens (primary N) is 1. The van der Waals surface area contributed by atoms with Gasteiger partial charge in [-0.15, -0.1) is 0 Å². The minimum absolute atomic E-state index is 0.0280. The fourth-order valence-electron chi connectivity index (χ4n) is 1.89. The maximum absolute atomic E-state index is 11.6. The number of nitrogens with one attached hydrogen (secondary N) is 2. The first-order valence-corrected chi connectivity index (χ1v) is 7.04. The summed E-state index contributed by atoms with van der Waals surface area (Å²) in [5.41, 5.74) is 7.96. The number of hydrogen-bond donors (Lipinski definition) is 3. The second-order valence-corrected chi connectivity index (χ2v) is 5.26. The molecule has 4 N–H and O–H groups in total. The first kappa shape index (κ1) is 15.6. The predicted octanol–water partition coefficient (Wildman–Crippen LogP) is 3.12. The molecule has 2 aromatic carbocycles. The third kappa shape index (κ3) is 3.85. The number of primary amides is 1. The quantitative estimate of drug-likeness (QED) is 0.792. The van der Waals surface area contributed by atoms with Gasteiger partial charge in [0.2, 0.25) is 5.91 Å². The van der Waals surface area contributed by atoms with Gasteiger partial charge in [-0.3, -0.25) is 9.59 Å². The Labute approximate surface area is 129 Å². The van der Waals surface area contributed by atoms with Gasteiger partial charge in [0.05, 0.1) is 11.3 Å². The summed E-state index contributed by atoms with van der Waals surface area (Å²) < 4.78 is 0. The van der Waals surface area contributed by atoms with Crippen LogP contribution in [-0.4, -0.2) is 11.8 Å². The number of para-hydroxylation sites is 1. The first-order chi connectivity index (χ1) is 10.5. The van der Waals surface area contributed by atoms with E-state index in [0.29, 0.717) is 11.3 Å². The molecule has 114 valence electrons. The van der Waals surface area contributed by atoms with E-state index in [-0.39, 0.29) is 11.8 Å². The summed E-state index contributed by atoms with van der Waals surface area (Å²) >= 11 is 0. The van der Waals surface area contributed by atoms with Crippen LogP contribution >= 0.6 is 0 Å². The second kappa shape index (κ2) is 6.76. The first-order valence-electron chi connectivity index (χ1n) is 7.04. The van der Waals surface area contributed by atoms with Crippen molar-refractivity contribution in [3.63, 3.8) is 0 Å². The van der Waals surface area contributed by atoms with Crippen LogP contribution in [0.15, 0.2) is 48.5 Å². The van der Waals surface area contributed by atoms with Crippen molar-refractivity contribution in [1.82, 2.24) is 0 Å². The minimum atomic E-state index is -0.482. The highest BCUT2D eigenvalue weighted by Crippen LogP contribution is 2.22. The van der Waals surface area contributed by atoms with Crippen molar-refractivity contribution in [3.05, 3.63) is 54.1 Å². The Morgan fingerprint density at radius 1 is 0.955 bits per heavy atom. The van der Waals surface area contributed by atoms with E-state index in [1.54, 1.807) is 30.3 Å². The minimum Gasteiger partial charge on any atom is -0.366 e. The standard InChI is InChI=1S/C17H19N3O2/c1-11(2)17(22)20-13-9-7-12(8-10-13)19-15-6-4-3-5-14(15)16(18)21/h3-11,19H,1-2H3,(H2,18,21)(H,20,22). The van der Waals surface area contributed by atoms with Crippen LogP contribution in [0.5, 0.6) is 0 Å². The zero-order valence-electron chi connectivity index (χ0n) is 12.6. The Morgan fingerprint density at radius 3 is 2.14 bits per heavy atom. The van der Waals surface area contributed by atoms with Crippen LogP contribution in [0.1, 0.15) is 24.2 Å². The molecule has 5 nitrogen and oxygen atoms in total. The smallest absolute Gasteiger partial charge is 0.250 e. The molecule has 0 aromatic heterocycles. The lowest BCUT2D eigenvalue weighted by molar-refractivity contribution is -0.118. The van der Waals surface area contributed by atoms with Crippen LogP contribution in [0.4, 0.5) is 17.1 Å². The van der Waals surface area contributed by atoms with Crippen molar-refractivity contribution in [2.75, 3.05) is 10.6 Å². The van der Waals surface area contributed by atoms with E-state index in [4.69, 9.17) is 5.73 Å². The lowest BCUT2D eigenvalue weighted by Crippen LogP contribution is -2.17.